The van der Waals surface area contributed by atoms with Crippen molar-refractivity contribution in [3.8, 4) is 5.75 Å². The Balaban J connectivity index is 1.60. The van der Waals surface area contributed by atoms with E-state index in [0.717, 1.165) is 28.3 Å². The van der Waals surface area contributed by atoms with Crippen LogP contribution in [0.2, 0.25) is 0 Å². The molecule has 0 saturated carbocycles. The summed E-state index contributed by atoms with van der Waals surface area (Å²) in [4.78, 5) is 17.5. The van der Waals surface area contributed by atoms with Crippen LogP contribution >= 0.6 is 0 Å². The smallest absolute Gasteiger partial charge is 0.252 e. The van der Waals surface area contributed by atoms with Crippen molar-refractivity contribution in [3.05, 3.63) is 119 Å². The summed E-state index contributed by atoms with van der Waals surface area (Å²) in [5, 5.41) is 3.20. The lowest BCUT2D eigenvalue weighted by molar-refractivity contribution is 0.0943. The Kier molecular flexibility index (Phi) is 6.13. The standard InChI is InChI=1S/C26H25N3O2/c1-19-27-14-15-29(19)18-20-8-6-12-23(16-20)26(30)28-25(21-9-4-3-5-10-21)22-11-7-13-24(17-22)31-2/h3-17,25H,18H2,1-2H3,(H,28,30). The maximum Gasteiger partial charge on any atom is 0.252 e. The van der Waals surface area contributed by atoms with Gasteiger partial charge in [-0.1, -0.05) is 54.6 Å². The van der Waals surface area contributed by atoms with Gasteiger partial charge in [-0.15, -0.1) is 0 Å². The van der Waals surface area contributed by atoms with E-state index in [1.54, 1.807) is 13.3 Å². The Bertz CT molecular complexity index is 1170. The van der Waals surface area contributed by atoms with Crippen molar-refractivity contribution in [1.82, 2.24) is 14.9 Å². The number of carbonyl (C=O) groups is 1. The monoisotopic (exact) mass is 411 g/mol. The molecule has 4 aromatic rings. The van der Waals surface area contributed by atoms with Crippen LogP contribution in [0.15, 0.2) is 91.3 Å². The molecule has 5 heteroatoms. The molecule has 1 atom stereocenters. The molecular weight excluding hydrogens is 386 g/mol. The highest BCUT2D eigenvalue weighted by molar-refractivity contribution is 5.94. The van der Waals surface area contributed by atoms with E-state index in [0.29, 0.717) is 12.1 Å². The van der Waals surface area contributed by atoms with Crippen molar-refractivity contribution in [3.63, 3.8) is 0 Å². The Morgan fingerprint density at radius 3 is 2.52 bits per heavy atom. The summed E-state index contributed by atoms with van der Waals surface area (Å²) in [6.07, 6.45) is 3.72. The van der Waals surface area contributed by atoms with Gasteiger partial charge in [0.2, 0.25) is 0 Å². The van der Waals surface area contributed by atoms with Crippen LogP contribution in [-0.2, 0) is 6.54 Å². The molecular formula is C26H25N3O2. The lowest BCUT2D eigenvalue weighted by Crippen LogP contribution is -2.29. The van der Waals surface area contributed by atoms with Crippen LogP contribution in [0.5, 0.6) is 5.75 Å². The molecule has 0 spiro atoms. The van der Waals surface area contributed by atoms with E-state index in [1.807, 2.05) is 92.0 Å². The highest BCUT2D eigenvalue weighted by atomic mass is 16.5. The number of amides is 1. The van der Waals surface area contributed by atoms with E-state index >= 15 is 0 Å². The van der Waals surface area contributed by atoms with Crippen LogP contribution in [0.3, 0.4) is 0 Å². The number of imidazole rings is 1. The number of benzene rings is 3. The zero-order chi connectivity index (χ0) is 21.6. The van der Waals surface area contributed by atoms with E-state index in [1.165, 1.54) is 0 Å². The fourth-order valence-corrected chi connectivity index (χ4v) is 3.62. The number of methoxy groups -OCH3 is 1. The van der Waals surface area contributed by atoms with E-state index in [2.05, 4.69) is 14.9 Å². The second kappa shape index (κ2) is 9.30. The van der Waals surface area contributed by atoms with Crippen LogP contribution in [0.4, 0.5) is 0 Å². The first-order valence-electron chi connectivity index (χ1n) is 10.2. The molecule has 0 saturated heterocycles. The lowest BCUT2D eigenvalue weighted by Gasteiger charge is -2.21. The summed E-state index contributed by atoms with van der Waals surface area (Å²) in [6.45, 7) is 2.64. The largest absolute Gasteiger partial charge is 0.497 e. The quantitative estimate of drug-likeness (QED) is 0.477. The minimum absolute atomic E-state index is 0.124. The topological polar surface area (TPSA) is 56.1 Å². The maximum absolute atomic E-state index is 13.2. The highest BCUT2D eigenvalue weighted by Crippen LogP contribution is 2.26. The molecule has 5 nitrogen and oxygen atoms in total. The number of carbonyl (C=O) groups excluding carboxylic acids is 1. The normalized spacial score (nSPS) is 11.7. The number of rotatable bonds is 7. The van der Waals surface area contributed by atoms with Crippen LogP contribution in [0, 0.1) is 6.92 Å². The summed E-state index contributed by atoms with van der Waals surface area (Å²) < 4.78 is 7.44. The predicted molar refractivity (Wildman–Crippen MR) is 121 cm³/mol. The number of hydrogen-bond acceptors (Lipinski definition) is 3. The predicted octanol–water partition coefficient (Wildman–Crippen LogP) is 4.77. The summed E-state index contributed by atoms with van der Waals surface area (Å²) >= 11 is 0. The molecule has 1 heterocycles. The molecule has 0 aliphatic carbocycles. The van der Waals surface area contributed by atoms with Gasteiger partial charge in [0.25, 0.3) is 5.91 Å². The third-order valence-electron chi connectivity index (χ3n) is 5.30. The van der Waals surface area contributed by atoms with E-state index in [4.69, 9.17) is 4.74 Å². The Labute approximate surface area is 182 Å². The van der Waals surface area contributed by atoms with Gasteiger partial charge in [-0.05, 0) is 47.9 Å². The second-order valence-corrected chi connectivity index (χ2v) is 7.40. The number of aromatic nitrogens is 2. The van der Waals surface area contributed by atoms with Crippen LogP contribution in [-0.4, -0.2) is 22.6 Å². The van der Waals surface area contributed by atoms with Gasteiger partial charge in [-0.25, -0.2) is 4.98 Å². The van der Waals surface area contributed by atoms with E-state index in [-0.39, 0.29) is 11.9 Å². The van der Waals surface area contributed by atoms with Crippen molar-refractivity contribution >= 4 is 5.91 Å². The van der Waals surface area contributed by atoms with E-state index < -0.39 is 0 Å². The average Bonchev–Trinajstić information content (AvgIpc) is 3.22. The molecule has 0 aliphatic rings. The van der Waals surface area contributed by atoms with Crippen molar-refractivity contribution in [1.29, 1.82) is 0 Å². The molecule has 0 fully saturated rings. The molecule has 0 aliphatic heterocycles. The maximum atomic E-state index is 13.2. The van der Waals surface area contributed by atoms with Gasteiger partial charge < -0.3 is 14.6 Å². The first kappa shape index (κ1) is 20.4. The molecule has 4 rings (SSSR count). The Hall–Kier alpha value is -3.86. The van der Waals surface area contributed by atoms with Crippen molar-refractivity contribution in [2.75, 3.05) is 7.11 Å². The second-order valence-electron chi connectivity index (χ2n) is 7.40. The van der Waals surface area contributed by atoms with Crippen LogP contribution < -0.4 is 10.1 Å². The third-order valence-corrected chi connectivity index (χ3v) is 5.30. The molecule has 3 aromatic carbocycles. The van der Waals surface area contributed by atoms with Crippen LogP contribution in [0.1, 0.15) is 38.9 Å². The fraction of sp³-hybridized carbons (Fsp3) is 0.154. The molecule has 1 aromatic heterocycles. The van der Waals surface area contributed by atoms with Gasteiger partial charge in [-0.2, -0.15) is 0 Å². The minimum Gasteiger partial charge on any atom is -0.497 e. The molecule has 0 bridgehead atoms. The fourth-order valence-electron chi connectivity index (χ4n) is 3.62. The summed E-state index contributed by atoms with van der Waals surface area (Å²) in [7, 11) is 1.64. The lowest BCUT2D eigenvalue weighted by atomic mass is 9.98. The Morgan fingerprint density at radius 1 is 1.00 bits per heavy atom. The average molecular weight is 412 g/mol. The Morgan fingerprint density at radius 2 is 1.77 bits per heavy atom. The molecule has 31 heavy (non-hydrogen) atoms. The van der Waals surface area contributed by atoms with Gasteiger partial charge in [0.15, 0.2) is 0 Å². The van der Waals surface area contributed by atoms with Crippen molar-refractivity contribution in [2.24, 2.45) is 0 Å². The van der Waals surface area contributed by atoms with Gasteiger partial charge in [0.1, 0.15) is 11.6 Å². The zero-order valence-electron chi connectivity index (χ0n) is 17.7. The van der Waals surface area contributed by atoms with Crippen molar-refractivity contribution in [2.45, 2.75) is 19.5 Å². The van der Waals surface area contributed by atoms with Crippen molar-refractivity contribution < 1.29 is 9.53 Å². The number of hydrogen-bond donors (Lipinski definition) is 1. The number of nitrogens with one attached hydrogen (secondary N) is 1. The number of nitrogens with zero attached hydrogens (tertiary/aromatic N) is 2. The first-order valence-corrected chi connectivity index (χ1v) is 10.2. The molecule has 156 valence electrons. The van der Waals surface area contributed by atoms with E-state index in [9.17, 15) is 4.79 Å². The molecule has 1 unspecified atom stereocenters. The highest BCUT2D eigenvalue weighted by Gasteiger charge is 2.18. The number of aryl methyl sites for hydroxylation is 1. The summed E-state index contributed by atoms with van der Waals surface area (Å²) in [5.74, 6) is 1.57. The molecule has 1 N–H and O–H groups in total. The number of ether oxygens (including phenoxy) is 1. The van der Waals surface area contributed by atoms with Crippen LogP contribution in [0.25, 0.3) is 0 Å². The van der Waals surface area contributed by atoms with Gasteiger partial charge in [0, 0.05) is 24.5 Å². The zero-order valence-corrected chi connectivity index (χ0v) is 17.7. The molecule has 1 amide bonds. The summed E-state index contributed by atoms with van der Waals surface area (Å²) in [6, 6.07) is 25.2. The minimum atomic E-state index is -0.289. The van der Waals surface area contributed by atoms with Gasteiger partial charge >= 0.3 is 0 Å². The van der Waals surface area contributed by atoms with Gasteiger partial charge in [0.05, 0.1) is 13.2 Å². The third kappa shape index (κ3) is 4.83. The summed E-state index contributed by atoms with van der Waals surface area (Å²) in [5.41, 5.74) is 3.64. The first-order chi connectivity index (χ1) is 15.1. The SMILES string of the molecule is COc1cccc(C(NC(=O)c2cccc(Cn3ccnc3C)c2)c2ccccc2)c1. The van der Waals surface area contributed by atoms with Gasteiger partial charge in [-0.3, -0.25) is 4.79 Å². The molecule has 0 radical (unpaired) electrons.